The van der Waals surface area contributed by atoms with E-state index in [1.165, 1.54) is 11.8 Å². The lowest BCUT2D eigenvalue weighted by Crippen LogP contribution is -2.40. The summed E-state index contributed by atoms with van der Waals surface area (Å²) in [6.45, 7) is 4.28. The zero-order valence-corrected chi connectivity index (χ0v) is 15.9. The fraction of sp³-hybridized carbons (Fsp3) is 0.556. The van der Waals surface area contributed by atoms with Gasteiger partial charge < -0.3 is 9.80 Å². The molecule has 1 aliphatic rings. The van der Waals surface area contributed by atoms with Crippen LogP contribution in [0, 0.1) is 6.92 Å². The molecule has 1 saturated heterocycles. The van der Waals surface area contributed by atoms with Crippen molar-refractivity contribution in [2.75, 3.05) is 25.1 Å². The number of carbonyl (C=O) groups excluding carboxylic acids is 2. The monoisotopic (exact) mass is 366 g/mol. The molecule has 1 aromatic rings. The van der Waals surface area contributed by atoms with E-state index in [4.69, 9.17) is 0 Å². The Kier molecular flexibility index (Phi) is 6.21. The predicted octanol–water partition coefficient (Wildman–Crippen LogP) is 1.38. The van der Waals surface area contributed by atoms with Gasteiger partial charge in [-0.2, -0.15) is 0 Å². The van der Waals surface area contributed by atoms with Crippen LogP contribution in [0.25, 0.3) is 0 Å². The van der Waals surface area contributed by atoms with E-state index in [0.717, 1.165) is 11.1 Å². The summed E-state index contributed by atoms with van der Waals surface area (Å²) in [6.07, 6.45) is 0.683. The van der Waals surface area contributed by atoms with Gasteiger partial charge in [0.15, 0.2) is 9.84 Å². The Labute approximate surface area is 149 Å². The third-order valence-corrected chi connectivity index (χ3v) is 6.43. The fourth-order valence-electron chi connectivity index (χ4n) is 2.95. The van der Waals surface area contributed by atoms with E-state index in [9.17, 15) is 18.0 Å². The van der Waals surface area contributed by atoms with Crippen molar-refractivity contribution in [3.63, 3.8) is 0 Å². The number of rotatable bonds is 6. The second-order valence-corrected chi connectivity index (χ2v) is 8.97. The van der Waals surface area contributed by atoms with Gasteiger partial charge in [0.2, 0.25) is 11.8 Å². The zero-order chi connectivity index (χ0) is 18.6. The molecule has 0 saturated carbocycles. The lowest BCUT2D eigenvalue weighted by Gasteiger charge is -2.26. The second-order valence-electron chi connectivity index (χ2n) is 6.74. The van der Waals surface area contributed by atoms with Crippen molar-refractivity contribution in [2.24, 2.45) is 0 Å². The van der Waals surface area contributed by atoms with E-state index in [1.807, 2.05) is 31.2 Å². The average Bonchev–Trinajstić information content (AvgIpc) is 2.91. The highest BCUT2D eigenvalue weighted by molar-refractivity contribution is 7.91. The van der Waals surface area contributed by atoms with Gasteiger partial charge in [0.25, 0.3) is 0 Å². The molecular formula is C18H26N2O4S. The van der Waals surface area contributed by atoms with Crippen molar-refractivity contribution >= 4 is 21.7 Å². The van der Waals surface area contributed by atoms with Crippen molar-refractivity contribution in [2.45, 2.75) is 39.3 Å². The maximum Gasteiger partial charge on any atom is 0.224 e. The van der Waals surface area contributed by atoms with Crippen LogP contribution in [0.3, 0.4) is 0 Å². The van der Waals surface area contributed by atoms with Gasteiger partial charge in [-0.25, -0.2) is 8.42 Å². The van der Waals surface area contributed by atoms with Crippen LogP contribution in [0.1, 0.15) is 30.9 Å². The smallest absolute Gasteiger partial charge is 0.224 e. The number of carbonyl (C=O) groups is 2. The Morgan fingerprint density at radius 2 is 1.84 bits per heavy atom. The molecule has 1 aliphatic heterocycles. The minimum atomic E-state index is -3.02. The van der Waals surface area contributed by atoms with Crippen molar-refractivity contribution in [3.05, 3.63) is 35.4 Å². The maximum atomic E-state index is 12.4. The van der Waals surface area contributed by atoms with Gasteiger partial charge in [-0.15, -0.1) is 0 Å². The summed E-state index contributed by atoms with van der Waals surface area (Å²) in [5.74, 6) is -0.0335. The minimum absolute atomic E-state index is 0.0367. The summed E-state index contributed by atoms with van der Waals surface area (Å²) in [5.41, 5.74) is 2.17. The third-order valence-electron chi connectivity index (χ3n) is 4.68. The Bertz CT molecular complexity index is 728. The van der Waals surface area contributed by atoms with Gasteiger partial charge in [0.05, 0.1) is 11.5 Å². The zero-order valence-electron chi connectivity index (χ0n) is 15.1. The summed E-state index contributed by atoms with van der Waals surface area (Å²) in [4.78, 5) is 27.4. The molecule has 2 rings (SSSR count). The first kappa shape index (κ1) is 19.4. The van der Waals surface area contributed by atoms with E-state index in [-0.39, 0.29) is 35.8 Å². The Balaban J connectivity index is 1.90. The molecular weight excluding hydrogens is 340 g/mol. The van der Waals surface area contributed by atoms with E-state index in [1.54, 1.807) is 11.9 Å². The van der Waals surface area contributed by atoms with Crippen molar-refractivity contribution in [1.82, 2.24) is 9.80 Å². The summed E-state index contributed by atoms with van der Waals surface area (Å²) in [7, 11) is -1.38. The van der Waals surface area contributed by atoms with Crippen molar-refractivity contribution < 1.29 is 18.0 Å². The summed E-state index contributed by atoms with van der Waals surface area (Å²) in [5, 5.41) is 0. The number of sulfone groups is 1. The van der Waals surface area contributed by atoms with Crippen LogP contribution >= 0.6 is 0 Å². The molecule has 7 heteroatoms. The first-order valence-electron chi connectivity index (χ1n) is 8.45. The summed E-state index contributed by atoms with van der Waals surface area (Å²) >= 11 is 0. The molecule has 1 aromatic carbocycles. The van der Waals surface area contributed by atoms with Gasteiger partial charge in [-0.3, -0.25) is 9.59 Å². The second kappa shape index (κ2) is 7.99. The SMILES string of the molecule is CC(=O)N(CCC(=O)N(C)C1CCS(=O)(=O)C1)Cc1ccc(C)cc1. The molecule has 1 heterocycles. The molecule has 0 bridgehead atoms. The fourth-order valence-corrected chi connectivity index (χ4v) is 4.73. The molecule has 0 spiro atoms. The Morgan fingerprint density at radius 3 is 2.36 bits per heavy atom. The highest BCUT2D eigenvalue weighted by atomic mass is 32.2. The molecule has 6 nitrogen and oxygen atoms in total. The van der Waals surface area contributed by atoms with Crippen LogP contribution in [-0.4, -0.2) is 61.2 Å². The van der Waals surface area contributed by atoms with E-state index < -0.39 is 9.84 Å². The van der Waals surface area contributed by atoms with Crippen LogP contribution in [0.4, 0.5) is 0 Å². The number of hydrogen-bond acceptors (Lipinski definition) is 4. The van der Waals surface area contributed by atoms with Crippen LogP contribution in [0.5, 0.6) is 0 Å². The van der Waals surface area contributed by atoms with Gasteiger partial charge in [-0.05, 0) is 18.9 Å². The normalized spacial score (nSPS) is 18.8. The minimum Gasteiger partial charge on any atom is -0.342 e. The molecule has 1 fully saturated rings. The molecule has 1 unspecified atom stereocenters. The van der Waals surface area contributed by atoms with Crippen molar-refractivity contribution in [3.8, 4) is 0 Å². The highest BCUT2D eigenvalue weighted by Gasteiger charge is 2.32. The van der Waals surface area contributed by atoms with E-state index in [2.05, 4.69) is 0 Å². The molecule has 0 radical (unpaired) electrons. The topological polar surface area (TPSA) is 74.8 Å². The van der Waals surface area contributed by atoms with Crippen LogP contribution in [0.15, 0.2) is 24.3 Å². The van der Waals surface area contributed by atoms with Crippen LogP contribution in [0.2, 0.25) is 0 Å². The number of nitrogens with zero attached hydrogens (tertiary/aromatic N) is 2. The van der Waals surface area contributed by atoms with Gasteiger partial charge >= 0.3 is 0 Å². The Hall–Kier alpha value is -1.89. The third kappa shape index (κ3) is 5.56. The quantitative estimate of drug-likeness (QED) is 0.762. The number of benzene rings is 1. The maximum absolute atomic E-state index is 12.4. The van der Waals surface area contributed by atoms with Gasteiger partial charge in [0.1, 0.15) is 0 Å². The lowest BCUT2D eigenvalue weighted by atomic mass is 10.1. The molecule has 2 amide bonds. The summed E-state index contributed by atoms with van der Waals surface area (Å²) in [6, 6.07) is 7.69. The van der Waals surface area contributed by atoms with Crippen LogP contribution in [-0.2, 0) is 26.0 Å². The first-order chi connectivity index (χ1) is 11.7. The molecule has 1 atom stereocenters. The predicted molar refractivity (Wildman–Crippen MR) is 96.7 cm³/mol. The molecule has 0 aliphatic carbocycles. The highest BCUT2D eigenvalue weighted by Crippen LogP contribution is 2.17. The van der Waals surface area contributed by atoms with Gasteiger partial charge in [0, 0.05) is 39.5 Å². The largest absolute Gasteiger partial charge is 0.342 e. The van der Waals surface area contributed by atoms with Gasteiger partial charge in [-0.1, -0.05) is 29.8 Å². The van der Waals surface area contributed by atoms with Crippen LogP contribution < -0.4 is 0 Å². The number of aryl methyl sites for hydroxylation is 1. The van der Waals surface area contributed by atoms with Crippen molar-refractivity contribution in [1.29, 1.82) is 0 Å². The standard InChI is InChI=1S/C18H26N2O4S/c1-14-4-6-16(7-5-14)12-20(15(2)21)10-8-18(22)19(3)17-9-11-25(23,24)13-17/h4-7,17H,8-13H2,1-3H3. The molecule has 138 valence electrons. The van der Waals surface area contributed by atoms with E-state index >= 15 is 0 Å². The number of hydrogen-bond donors (Lipinski definition) is 0. The Morgan fingerprint density at radius 1 is 1.20 bits per heavy atom. The lowest BCUT2D eigenvalue weighted by molar-refractivity contribution is -0.134. The summed E-state index contributed by atoms with van der Waals surface area (Å²) < 4.78 is 23.1. The molecule has 0 N–H and O–H groups in total. The first-order valence-corrected chi connectivity index (χ1v) is 10.3. The van der Waals surface area contributed by atoms with E-state index in [0.29, 0.717) is 19.5 Å². The number of amides is 2. The molecule has 25 heavy (non-hydrogen) atoms. The molecule has 0 aromatic heterocycles. The average molecular weight is 366 g/mol.